The number of carbonyl (C=O) groups excluding carboxylic acids is 1. The Hall–Kier alpha value is -0.870. The zero-order chi connectivity index (χ0) is 44.9. The minimum absolute atomic E-state index is 0.0578. The van der Waals surface area contributed by atoms with Crippen LogP contribution in [0.2, 0.25) is 0 Å². The van der Waals surface area contributed by atoms with Gasteiger partial charge in [0.05, 0.1) is 18.8 Å². The van der Waals surface area contributed by atoms with E-state index in [-0.39, 0.29) is 12.5 Å². The van der Waals surface area contributed by atoms with Crippen LogP contribution < -0.4 is 5.32 Å². The average Bonchev–Trinajstić information content (AvgIpc) is 3.28. The summed E-state index contributed by atoms with van der Waals surface area (Å²) in [6.07, 6.45) is 71.2. The van der Waals surface area contributed by atoms with Crippen LogP contribution in [0.5, 0.6) is 0 Å². The molecular weight excluding hydrogens is 759 g/mol. The van der Waals surface area contributed by atoms with E-state index >= 15 is 0 Å². The van der Waals surface area contributed by atoms with E-state index in [1.54, 1.807) is 6.08 Å². The molecule has 0 aromatic heterocycles. The molecule has 1 amide bonds. The number of amides is 1. The third-order valence-electron chi connectivity index (χ3n) is 13.8. The molecule has 0 fully saturated rings. The van der Waals surface area contributed by atoms with Crippen LogP contribution in [-0.4, -0.2) is 34.9 Å². The summed E-state index contributed by atoms with van der Waals surface area (Å²) in [4.78, 5) is 12.4. The maximum atomic E-state index is 12.4. The Kier molecular flexibility index (Phi) is 53.7. The lowest BCUT2D eigenvalue weighted by atomic mass is 10.0. The quantitative estimate of drug-likeness (QED) is 0.0421. The molecule has 4 nitrogen and oxygen atoms in total. The minimum atomic E-state index is -0.834. The molecule has 0 saturated heterocycles. The molecular formula is C58H115NO3. The largest absolute Gasteiger partial charge is 0.394 e. The Morgan fingerprint density at radius 1 is 0.371 bits per heavy atom. The molecule has 4 heteroatoms. The number of unbranched alkanes of at least 4 members (excludes halogenated alkanes) is 47. The second-order valence-electron chi connectivity index (χ2n) is 20.1. The van der Waals surface area contributed by atoms with Crippen LogP contribution in [0, 0.1) is 0 Å². The van der Waals surface area contributed by atoms with E-state index in [1.165, 1.54) is 289 Å². The fourth-order valence-corrected chi connectivity index (χ4v) is 9.36. The van der Waals surface area contributed by atoms with Crippen LogP contribution in [0.1, 0.15) is 335 Å². The van der Waals surface area contributed by atoms with Crippen LogP contribution in [0.25, 0.3) is 0 Å². The highest BCUT2D eigenvalue weighted by molar-refractivity contribution is 5.76. The van der Waals surface area contributed by atoms with Gasteiger partial charge in [0.25, 0.3) is 0 Å². The Labute approximate surface area is 390 Å². The minimum Gasteiger partial charge on any atom is -0.394 e. The van der Waals surface area contributed by atoms with Crippen molar-refractivity contribution in [3.63, 3.8) is 0 Å². The molecule has 0 aliphatic heterocycles. The second kappa shape index (κ2) is 54.5. The van der Waals surface area contributed by atoms with Gasteiger partial charge in [-0.25, -0.2) is 0 Å². The van der Waals surface area contributed by atoms with Gasteiger partial charge in [-0.15, -0.1) is 0 Å². The Bertz CT molecular complexity index is 860. The average molecular weight is 875 g/mol. The van der Waals surface area contributed by atoms with Crippen molar-refractivity contribution in [3.8, 4) is 0 Å². The van der Waals surface area contributed by atoms with Crippen molar-refractivity contribution in [2.75, 3.05) is 6.61 Å². The predicted octanol–water partition coefficient (Wildman–Crippen LogP) is 18.9. The smallest absolute Gasteiger partial charge is 0.220 e. The van der Waals surface area contributed by atoms with Crippen molar-refractivity contribution in [1.29, 1.82) is 0 Å². The van der Waals surface area contributed by atoms with E-state index in [4.69, 9.17) is 0 Å². The Balaban J connectivity index is 3.33. The molecule has 2 atom stereocenters. The Morgan fingerprint density at radius 2 is 0.597 bits per heavy atom. The molecule has 0 aliphatic carbocycles. The maximum Gasteiger partial charge on any atom is 0.220 e. The summed E-state index contributed by atoms with van der Waals surface area (Å²) in [5.41, 5.74) is 0. The number of hydrogen-bond donors (Lipinski definition) is 3. The van der Waals surface area contributed by atoms with E-state index < -0.39 is 12.1 Å². The number of aliphatic hydroxyl groups excluding tert-OH is 2. The van der Waals surface area contributed by atoms with E-state index in [0.717, 1.165) is 25.7 Å². The maximum absolute atomic E-state index is 12.4. The van der Waals surface area contributed by atoms with Gasteiger partial charge in [-0.05, 0) is 19.3 Å². The molecule has 0 aromatic rings. The van der Waals surface area contributed by atoms with Gasteiger partial charge in [0, 0.05) is 6.42 Å². The molecule has 0 saturated carbocycles. The summed E-state index contributed by atoms with van der Waals surface area (Å²) in [5.74, 6) is -0.0578. The molecule has 0 radical (unpaired) electrons. The highest BCUT2D eigenvalue weighted by Gasteiger charge is 2.18. The van der Waals surface area contributed by atoms with Gasteiger partial charge in [0.15, 0.2) is 0 Å². The summed E-state index contributed by atoms with van der Waals surface area (Å²) >= 11 is 0. The van der Waals surface area contributed by atoms with Crippen LogP contribution in [0.3, 0.4) is 0 Å². The van der Waals surface area contributed by atoms with Gasteiger partial charge in [-0.1, -0.05) is 321 Å². The standard InChI is InChI=1S/C58H115NO3/c1-3-5-7-9-11-13-15-17-18-19-20-21-22-23-24-25-26-27-28-29-30-31-32-33-34-35-36-37-38-39-40-41-42-44-46-48-50-52-54-58(62)59-56(55-60)57(61)53-51-49-47-45-43-16-14-12-10-8-6-4-2/h51,53,56-57,60-61H,3-50,52,54-55H2,1-2H3,(H,59,62)/b53-51+. The first-order valence-corrected chi connectivity index (χ1v) is 28.9. The fourth-order valence-electron chi connectivity index (χ4n) is 9.36. The molecule has 0 spiro atoms. The zero-order valence-electron chi connectivity index (χ0n) is 42.7. The van der Waals surface area contributed by atoms with Crippen molar-refractivity contribution in [2.45, 2.75) is 347 Å². The summed E-state index contributed by atoms with van der Waals surface area (Å²) in [6.45, 7) is 4.33. The van der Waals surface area contributed by atoms with Crippen LogP contribution in [0.4, 0.5) is 0 Å². The van der Waals surface area contributed by atoms with Gasteiger partial charge < -0.3 is 15.5 Å². The van der Waals surface area contributed by atoms with E-state index in [1.807, 2.05) is 6.08 Å². The SMILES string of the molecule is CCCCCCCCCCCC/C=C/C(O)C(CO)NC(=O)CCCCCCCCCCCCCCCCCCCCCCCCCCCCCCCCCCCCCCCC. The highest BCUT2D eigenvalue weighted by Crippen LogP contribution is 2.18. The molecule has 0 aliphatic rings. The summed E-state index contributed by atoms with van der Waals surface area (Å²) < 4.78 is 0. The van der Waals surface area contributed by atoms with Crippen molar-refractivity contribution < 1.29 is 15.0 Å². The summed E-state index contributed by atoms with van der Waals surface area (Å²) in [5, 5.41) is 23.0. The molecule has 0 bridgehead atoms. The number of rotatable bonds is 54. The van der Waals surface area contributed by atoms with Crippen molar-refractivity contribution in [2.24, 2.45) is 0 Å². The zero-order valence-corrected chi connectivity index (χ0v) is 42.7. The number of allylic oxidation sites excluding steroid dienone is 1. The lowest BCUT2D eigenvalue weighted by Gasteiger charge is -2.20. The van der Waals surface area contributed by atoms with Gasteiger partial charge >= 0.3 is 0 Å². The van der Waals surface area contributed by atoms with Crippen molar-refractivity contribution in [1.82, 2.24) is 5.32 Å². The first kappa shape index (κ1) is 61.1. The third kappa shape index (κ3) is 50.1. The van der Waals surface area contributed by atoms with Crippen molar-refractivity contribution in [3.05, 3.63) is 12.2 Å². The second-order valence-corrected chi connectivity index (χ2v) is 20.1. The molecule has 0 rings (SSSR count). The lowest BCUT2D eigenvalue weighted by molar-refractivity contribution is -0.123. The van der Waals surface area contributed by atoms with E-state index in [0.29, 0.717) is 6.42 Å². The van der Waals surface area contributed by atoms with Crippen LogP contribution in [-0.2, 0) is 4.79 Å². The number of aliphatic hydroxyl groups is 2. The normalized spacial score (nSPS) is 12.8. The van der Waals surface area contributed by atoms with Gasteiger partial charge in [-0.2, -0.15) is 0 Å². The first-order chi connectivity index (χ1) is 30.7. The fraction of sp³-hybridized carbons (Fsp3) is 0.948. The van der Waals surface area contributed by atoms with Crippen LogP contribution in [0.15, 0.2) is 12.2 Å². The van der Waals surface area contributed by atoms with Gasteiger partial charge in [-0.3, -0.25) is 4.79 Å². The third-order valence-corrected chi connectivity index (χ3v) is 13.8. The summed E-state index contributed by atoms with van der Waals surface area (Å²) in [6, 6.07) is -0.616. The van der Waals surface area contributed by atoms with Gasteiger partial charge in [0.1, 0.15) is 0 Å². The number of carbonyl (C=O) groups is 1. The van der Waals surface area contributed by atoms with Crippen molar-refractivity contribution >= 4 is 5.91 Å². The number of nitrogens with one attached hydrogen (secondary N) is 1. The Morgan fingerprint density at radius 3 is 0.839 bits per heavy atom. The topological polar surface area (TPSA) is 69.6 Å². The molecule has 3 N–H and O–H groups in total. The molecule has 0 aromatic carbocycles. The monoisotopic (exact) mass is 874 g/mol. The predicted molar refractivity (Wildman–Crippen MR) is 276 cm³/mol. The van der Waals surface area contributed by atoms with Crippen LogP contribution >= 0.6 is 0 Å². The van der Waals surface area contributed by atoms with E-state index in [2.05, 4.69) is 19.2 Å². The molecule has 62 heavy (non-hydrogen) atoms. The highest BCUT2D eigenvalue weighted by atomic mass is 16.3. The lowest BCUT2D eigenvalue weighted by Crippen LogP contribution is -2.45. The molecule has 0 heterocycles. The van der Waals surface area contributed by atoms with Gasteiger partial charge in [0.2, 0.25) is 5.91 Å². The van der Waals surface area contributed by atoms with E-state index in [9.17, 15) is 15.0 Å². The number of hydrogen-bond acceptors (Lipinski definition) is 3. The first-order valence-electron chi connectivity index (χ1n) is 28.9. The molecule has 370 valence electrons. The summed E-state index contributed by atoms with van der Waals surface area (Å²) in [7, 11) is 0. The molecule has 2 unspecified atom stereocenters.